The molecule has 3 heterocycles. The standard InChI is InChI=1S/C15H13ClN4OS/c1-4-20-13-9(8(2)18-15(17-3)19-13)7-10(14(20)21)11-5-6-12(16)22-11/h5-7H,3-4H2,1-2H3. The van der Waals surface area contributed by atoms with Gasteiger partial charge < -0.3 is 0 Å². The molecule has 3 aromatic rings. The van der Waals surface area contributed by atoms with Crippen LogP contribution in [0, 0.1) is 6.92 Å². The Kier molecular flexibility index (Phi) is 3.80. The number of nitrogens with zero attached hydrogens (tertiary/aromatic N) is 4. The first-order valence-corrected chi connectivity index (χ1v) is 7.89. The zero-order chi connectivity index (χ0) is 15.9. The Hall–Kier alpha value is -2.05. The molecule has 7 heteroatoms. The van der Waals surface area contributed by atoms with E-state index < -0.39 is 0 Å². The normalized spacial score (nSPS) is 11.0. The van der Waals surface area contributed by atoms with E-state index in [9.17, 15) is 4.79 Å². The maximum Gasteiger partial charge on any atom is 0.260 e. The van der Waals surface area contributed by atoms with Crippen molar-refractivity contribution in [1.82, 2.24) is 14.5 Å². The molecule has 0 aromatic carbocycles. The molecule has 0 saturated heterocycles. The number of hydrogen-bond donors (Lipinski definition) is 0. The Morgan fingerprint density at radius 2 is 2.18 bits per heavy atom. The van der Waals surface area contributed by atoms with Crippen LogP contribution in [0.15, 0.2) is 28.0 Å². The number of aromatic nitrogens is 3. The third kappa shape index (κ3) is 2.34. The van der Waals surface area contributed by atoms with Gasteiger partial charge in [0.25, 0.3) is 11.5 Å². The van der Waals surface area contributed by atoms with Gasteiger partial charge in [0.2, 0.25) is 0 Å². The van der Waals surface area contributed by atoms with Gasteiger partial charge in [-0.1, -0.05) is 11.6 Å². The summed E-state index contributed by atoms with van der Waals surface area (Å²) < 4.78 is 2.28. The average molecular weight is 333 g/mol. The van der Waals surface area contributed by atoms with Crippen molar-refractivity contribution in [3.05, 3.63) is 38.6 Å². The highest BCUT2D eigenvalue weighted by atomic mass is 35.5. The van der Waals surface area contributed by atoms with E-state index in [-0.39, 0.29) is 11.5 Å². The van der Waals surface area contributed by atoms with Crippen LogP contribution in [0.4, 0.5) is 5.95 Å². The quantitative estimate of drug-likeness (QED) is 0.685. The van der Waals surface area contributed by atoms with Gasteiger partial charge in [-0.15, -0.1) is 11.3 Å². The predicted molar refractivity (Wildman–Crippen MR) is 91.7 cm³/mol. The van der Waals surface area contributed by atoms with E-state index in [0.29, 0.717) is 22.1 Å². The van der Waals surface area contributed by atoms with Gasteiger partial charge in [-0.05, 0) is 38.8 Å². The molecule has 0 unspecified atom stereocenters. The highest BCUT2D eigenvalue weighted by Gasteiger charge is 2.15. The van der Waals surface area contributed by atoms with Crippen LogP contribution in [-0.2, 0) is 6.54 Å². The summed E-state index contributed by atoms with van der Waals surface area (Å²) >= 11 is 7.37. The topological polar surface area (TPSA) is 60.1 Å². The minimum absolute atomic E-state index is 0.0957. The number of pyridine rings is 1. The molecular weight excluding hydrogens is 320 g/mol. The van der Waals surface area contributed by atoms with Crippen LogP contribution in [0.2, 0.25) is 4.34 Å². The molecule has 0 bridgehead atoms. The molecule has 0 N–H and O–H groups in total. The van der Waals surface area contributed by atoms with E-state index in [1.165, 1.54) is 11.3 Å². The van der Waals surface area contributed by atoms with Crippen LogP contribution in [0.1, 0.15) is 12.6 Å². The SMILES string of the molecule is C=Nc1nc(C)c2cc(-c3ccc(Cl)s3)c(=O)n(CC)c2n1. The molecule has 0 aliphatic carbocycles. The summed E-state index contributed by atoms with van der Waals surface area (Å²) in [6.07, 6.45) is 0. The van der Waals surface area contributed by atoms with Crippen LogP contribution in [0.25, 0.3) is 21.5 Å². The molecule has 0 amide bonds. The number of thiophene rings is 1. The summed E-state index contributed by atoms with van der Waals surface area (Å²) in [6, 6.07) is 5.47. The third-order valence-corrected chi connectivity index (χ3v) is 4.68. The van der Waals surface area contributed by atoms with Crippen LogP contribution in [0.3, 0.4) is 0 Å². The van der Waals surface area contributed by atoms with E-state index in [2.05, 4.69) is 21.7 Å². The van der Waals surface area contributed by atoms with Gasteiger partial charge in [0.1, 0.15) is 5.65 Å². The first-order valence-electron chi connectivity index (χ1n) is 6.69. The second kappa shape index (κ2) is 5.62. The Balaban J connectivity index is 2.42. The summed E-state index contributed by atoms with van der Waals surface area (Å²) in [5, 5.41) is 0.827. The molecule has 5 nitrogen and oxygen atoms in total. The maximum absolute atomic E-state index is 12.8. The second-order valence-corrected chi connectivity index (χ2v) is 6.43. The van der Waals surface area contributed by atoms with Crippen molar-refractivity contribution < 1.29 is 0 Å². The fourth-order valence-electron chi connectivity index (χ4n) is 2.37. The third-order valence-electron chi connectivity index (χ3n) is 3.42. The van der Waals surface area contributed by atoms with Crippen LogP contribution >= 0.6 is 22.9 Å². The lowest BCUT2D eigenvalue weighted by Gasteiger charge is -2.11. The molecule has 0 aliphatic heterocycles. The molecule has 22 heavy (non-hydrogen) atoms. The molecule has 3 rings (SSSR count). The Labute approximate surface area is 135 Å². The fourth-order valence-corrected chi connectivity index (χ4v) is 3.42. The van der Waals surface area contributed by atoms with E-state index in [1.54, 1.807) is 10.6 Å². The van der Waals surface area contributed by atoms with Gasteiger partial charge in [0, 0.05) is 16.8 Å². The zero-order valence-corrected chi connectivity index (χ0v) is 13.7. The maximum atomic E-state index is 12.8. The molecular formula is C15H13ClN4OS. The lowest BCUT2D eigenvalue weighted by Crippen LogP contribution is -2.22. The summed E-state index contributed by atoms with van der Waals surface area (Å²) in [4.78, 5) is 26.0. The molecule has 0 atom stereocenters. The number of fused-ring (bicyclic) bond motifs is 1. The average Bonchev–Trinajstić information content (AvgIpc) is 2.93. The van der Waals surface area contributed by atoms with E-state index in [1.807, 2.05) is 26.0 Å². The van der Waals surface area contributed by atoms with Crippen LogP contribution in [0.5, 0.6) is 0 Å². The Morgan fingerprint density at radius 1 is 1.41 bits per heavy atom. The Bertz CT molecular complexity index is 945. The van der Waals surface area contributed by atoms with Crippen molar-refractivity contribution >= 4 is 46.6 Å². The van der Waals surface area contributed by atoms with Crippen LogP contribution < -0.4 is 5.56 Å². The van der Waals surface area contributed by atoms with Crippen molar-refractivity contribution in [1.29, 1.82) is 0 Å². The second-order valence-electron chi connectivity index (χ2n) is 4.72. The molecule has 0 spiro atoms. The van der Waals surface area contributed by atoms with Gasteiger partial charge in [-0.2, -0.15) is 4.98 Å². The van der Waals surface area contributed by atoms with Crippen LogP contribution in [-0.4, -0.2) is 21.3 Å². The molecule has 112 valence electrons. The summed E-state index contributed by atoms with van der Waals surface area (Å²) in [5.41, 5.74) is 1.85. The fraction of sp³-hybridized carbons (Fsp3) is 0.200. The lowest BCUT2D eigenvalue weighted by molar-refractivity contribution is 0.750. The number of aryl methyl sites for hydroxylation is 2. The number of halogens is 1. The summed E-state index contributed by atoms with van der Waals surface area (Å²) in [6.45, 7) is 7.74. The van der Waals surface area contributed by atoms with Crippen molar-refractivity contribution in [3.8, 4) is 10.4 Å². The molecule has 3 aromatic heterocycles. The smallest absolute Gasteiger partial charge is 0.260 e. The highest BCUT2D eigenvalue weighted by molar-refractivity contribution is 7.19. The van der Waals surface area contributed by atoms with Crippen molar-refractivity contribution in [2.45, 2.75) is 20.4 Å². The predicted octanol–water partition coefficient (Wildman–Crippen LogP) is 3.83. The van der Waals surface area contributed by atoms with Crippen molar-refractivity contribution in [2.75, 3.05) is 0 Å². The van der Waals surface area contributed by atoms with E-state index in [0.717, 1.165) is 16.0 Å². The molecule has 0 fully saturated rings. The first kappa shape index (κ1) is 14.9. The van der Waals surface area contributed by atoms with Crippen molar-refractivity contribution in [3.63, 3.8) is 0 Å². The van der Waals surface area contributed by atoms with Crippen molar-refractivity contribution in [2.24, 2.45) is 4.99 Å². The summed E-state index contributed by atoms with van der Waals surface area (Å²) in [5.74, 6) is 0.276. The largest absolute Gasteiger partial charge is 0.292 e. The molecule has 0 aliphatic rings. The van der Waals surface area contributed by atoms with E-state index >= 15 is 0 Å². The molecule has 0 saturated carbocycles. The van der Waals surface area contributed by atoms with Gasteiger partial charge in [-0.3, -0.25) is 9.36 Å². The monoisotopic (exact) mass is 332 g/mol. The van der Waals surface area contributed by atoms with Gasteiger partial charge in [-0.25, -0.2) is 9.98 Å². The number of rotatable bonds is 3. The molecule has 0 radical (unpaired) electrons. The Morgan fingerprint density at radius 3 is 2.77 bits per heavy atom. The highest BCUT2D eigenvalue weighted by Crippen LogP contribution is 2.31. The minimum Gasteiger partial charge on any atom is -0.292 e. The van der Waals surface area contributed by atoms with Gasteiger partial charge in [0.05, 0.1) is 15.6 Å². The summed E-state index contributed by atoms with van der Waals surface area (Å²) in [7, 11) is 0. The van der Waals surface area contributed by atoms with E-state index in [4.69, 9.17) is 11.6 Å². The lowest BCUT2D eigenvalue weighted by atomic mass is 10.1. The minimum atomic E-state index is -0.0957. The zero-order valence-electron chi connectivity index (χ0n) is 12.1. The first-order chi connectivity index (χ1) is 10.5. The van der Waals surface area contributed by atoms with Gasteiger partial charge >= 0.3 is 0 Å². The number of aliphatic imine (C=N–C) groups is 1. The number of hydrogen-bond acceptors (Lipinski definition) is 5. The van der Waals surface area contributed by atoms with Gasteiger partial charge in [0.15, 0.2) is 0 Å².